The highest BCUT2D eigenvalue weighted by Gasteiger charge is 2.07. The summed E-state index contributed by atoms with van der Waals surface area (Å²) in [6, 6.07) is 8.60. The number of nitrogens with one attached hydrogen (secondary N) is 1. The van der Waals surface area contributed by atoms with Gasteiger partial charge >= 0.3 is 6.01 Å². The van der Waals surface area contributed by atoms with Gasteiger partial charge in [-0.3, -0.25) is 0 Å². The Kier molecular flexibility index (Phi) is 4.36. The lowest BCUT2D eigenvalue weighted by atomic mass is 10.1. The second-order valence-electron chi connectivity index (χ2n) is 4.59. The minimum Gasteiger partial charge on any atom is -0.338 e. The molecule has 0 atom stereocenters. The molecule has 2 rings (SSSR count). The molecule has 0 aliphatic carbocycles. The summed E-state index contributed by atoms with van der Waals surface area (Å²) in [6.45, 7) is 5.10. The van der Waals surface area contributed by atoms with Crippen LogP contribution in [0.4, 0.5) is 6.01 Å². The molecule has 1 aromatic heterocycles. The Labute approximate surface area is 115 Å². The molecular formula is C13H16BrN3O. The summed E-state index contributed by atoms with van der Waals surface area (Å²) in [5, 5.41) is 7.06. The predicted molar refractivity (Wildman–Crippen MR) is 74.6 cm³/mol. The molecule has 1 aromatic carbocycles. The van der Waals surface area contributed by atoms with Gasteiger partial charge in [-0.2, -0.15) is 4.98 Å². The molecule has 0 amide bonds. The van der Waals surface area contributed by atoms with E-state index in [1.165, 1.54) is 0 Å². The number of halogens is 1. The number of nitrogens with zero attached hydrogens (tertiary/aromatic N) is 2. The molecule has 0 aliphatic heterocycles. The van der Waals surface area contributed by atoms with Crippen molar-refractivity contribution in [2.24, 2.45) is 5.92 Å². The topological polar surface area (TPSA) is 51.0 Å². The molecule has 0 radical (unpaired) electrons. The number of benzene rings is 1. The smallest absolute Gasteiger partial charge is 0.321 e. The zero-order chi connectivity index (χ0) is 13.0. The van der Waals surface area contributed by atoms with Gasteiger partial charge in [0.15, 0.2) is 5.82 Å². The molecule has 4 nitrogen and oxygen atoms in total. The van der Waals surface area contributed by atoms with E-state index in [0.29, 0.717) is 24.2 Å². The Morgan fingerprint density at radius 2 is 2.00 bits per heavy atom. The minimum absolute atomic E-state index is 0.496. The molecule has 0 saturated heterocycles. The van der Waals surface area contributed by atoms with E-state index in [4.69, 9.17) is 4.52 Å². The largest absolute Gasteiger partial charge is 0.338 e. The summed E-state index contributed by atoms with van der Waals surface area (Å²) < 4.78 is 6.20. The highest BCUT2D eigenvalue weighted by Crippen LogP contribution is 2.14. The highest BCUT2D eigenvalue weighted by molar-refractivity contribution is 9.10. The van der Waals surface area contributed by atoms with E-state index in [9.17, 15) is 0 Å². The number of hydrogen-bond donors (Lipinski definition) is 1. The molecule has 0 saturated carbocycles. The average Bonchev–Trinajstić information content (AvgIpc) is 2.77. The Balaban J connectivity index is 1.95. The lowest BCUT2D eigenvalue weighted by Crippen LogP contribution is -2.08. The lowest BCUT2D eigenvalue weighted by Gasteiger charge is -2.02. The number of anilines is 1. The summed E-state index contributed by atoms with van der Waals surface area (Å²) in [5.41, 5.74) is 1.16. The van der Waals surface area contributed by atoms with E-state index in [0.717, 1.165) is 16.6 Å². The van der Waals surface area contributed by atoms with Crippen molar-refractivity contribution in [3.63, 3.8) is 0 Å². The van der Waals surface area contributed by atoms with Gasteiger partial charge in [-0.25, -0.2) is 0 Å². The molecule has 1 N–H and O–H groups in total. The Morgan fingerprint density at radius 1 is 1.28 bits per heavy atom. The first kappa shape index (κ1) is 13.1. The lowest BCUT2D eigenvalue weighted by molar-refractivity contribution is 0.421. The monoisotopic (exact) mass is 309 g/mol. The summed E-state index contributed by atoms with van der Waals surface area (Å²) in [4.78, 5) is 4.30. The fourth-order valence-electron chi connectivity index (χ4n) is 1.47. The van der Waals surface area contributed by atoms with Crippen LogP contribution < -0.4 is 5.32 Å². The SMILES string of the molecule is CC(C)CNc1nc(Cc2ccc(Br)cc2)no1. The van der Waals surface area contributed by atoms with Crippen LogP contribution in [-0.2, 0) is 6.42 Å². The van der Waals surface area contributed by atoms with Gasteiger partial charge in [0.1, 0.15) is 0 Å². The molecule has 96 valence electrons. The number of aromatic nitrogens is 2. The summed E-state index contributed by atoms with van der Waals surface area (Å²) >= 11 is 3.41. The molecule has 1 heterocycles. The normalized spacial score (nSPS) is 10.9. The zero-order valence-electron chi connectivity index (χ0n) is 10.5. The minimum atomic E-state index is 0.496. The van der Waals surface area contributed by atoms with E-state index >= 15 is 0 Å². The van der Waals surface area contributed by atoms with E-state index in [1.54, 1.807) is 0 Å². The fourth-order valence-corrected chi connectivity index (χ4v) is 1.74. The maximum Gasteiger partial charge on any atom is 0.321 e. The van der Waals surface area contributed by atoms with E-state index < -0.39 is 0 Å². The summed E-state index contributed by atoms with van der Waals surface area (Å²) in [7, 11) is 0. The van der Waals surface area contributed by atoms with Gasteiger partial charge in [0.25, 0.3) is 0 Å². The Hall–Kier alpha value is -1.36. The maximum atomic E-state index is 5.13. The van der Waals surface area contributed by atoms with Crippen LogP contribution in [-0.4, -0.2) is 16.7 Å². The molecule has 0 bridgehead atoms. The number of hydrogen-bond acceptors (Lipinski definition) is 4. The van der Waals surface area contributed by atoms with Crippen LogP contribution in [0.3, 0.4) is 0 Å². The predicted octanol–water partition coefficient (Wildman–Crippen LogP) is 3.49. The summed E-state index contributed by atoms with van der Waals surface area (Å²) in [5.74, 6) is 1.25. The van der Waals surface area contributed by atoms with Crippen LogP contribution in [0, 0.1) is 5.92 Å². The quantitative estimate of drug-likeness (QED) is 0.918. The van der Waals surface area contributed by atoms with E-state index in [2.05, 4.69) is 45.2 Å². The third kappa shape index (κ3) is 3.84. The van der Waals surface area contributed by atoms with Crippen molar-refractivity contribution in [1.82, 2.24) is 10.1 Å². The molecule has 2 aromatic rings. The van der Waals surface area contributed by atoms with Crippen molar-refractivity contribution in [3.8, 4) is 0 Å². The van der Waals surface area contributed by atoms with Crippen molar-refractivity contribution < 1.29 is 4.52 Å². The van der Waals surface area contributed by atoms with Crippen LogP contribution in [0.2, 0.25) is 0 Å². The molecule has 0 unspecified atom stereocenters. The second-order valence-corrected chi connectivity index (χ2v) is 5.51. The van der Waals surface area contributed by atoms with E-state index in [1.807, 2.05) is 24.3 Å². The molecule has 5 heteroatoms. The average molecular weight is 310 g/mol. The van der Waals surface area contributed by atoms with Crippen LogP contribution >= 0.6 is 15.9 Å². The van der Waals surface area contributed by atoms with E-state index in [-0.39, 0.29) is 0 Å². The maximum absolute atomic E-state index is 5.13. The van der Waals surface area contributed by atoms with Crippen LogP contribution in [0.5, 0.6) is 0 Å². The first-order valence-electron chi connectivity index (χ1n) is 5.94. The number of rotatable bonds is 5. The van der Waals surface area contributed by atoms with Crippen molar-refractivity contribution in [2.45, 2.75) is 20.3 Å². The Bertz CT molecular complexity index is 493. The molecule has 0 spiro atoms. The van der Waals surface area contributed by atoms with Crippen LogP contribution in [0.15, 0.2) is 33.3 Å². The first-order valence-corrected chi connectivity index (χ1v) is 6.73. The standard InChI is InChI=1S/C13H16BrN3O/c1-9(2)8-15-13-16-12(17-18-13)7-10-3-5-11(14)6-4-10/h3-6,9H,7-8H2,1-2H3,(H,15,16,17). The Morgan fingerprint density at radius 3 is 2.67 bits per heavy atom. The van der Waals surface area contributed by atoms with Crippen molar-refractivity contribution >= 4 is 21.9 Å². The van der Waals surface area contributed by atoms with Crippen molar-refractivity contribution in [2.75, 3.05) is 11.9 Å². The van der Waals surface area contributed by atoms with Gasteiger partial charge in [0, 0.05) is 17.4 Å². The molecule has 0 fully saturated rings. The van der Waals surface area contributed by atoms with Gasteiger partial charge in [0.05, 0.1) is 0 Å². The third-order valence-electron chi connectivity index (χ3n) is 2.41. The van der Waals surface area contributed by atoms with Crippen molar-refractivity contribution in [1.29, 1.82) is 0 Å². The molecule has 0 aliphatic rings. The molecular weight excluding hydrogens is 294 g/mol. The van der Waals surface area contributed by atoms with Gasteiger partial charge in [-0.05, 0) is 23.6 Å². The third-order valence-corrected chi connectivity index (χ3v) is 2.93. The fraction of sp³-hybridized carbons (Fsp3) is 0.385. The van der Waals surface area contributed by atoms with Gasteiger partial charge in [-0.15, -0.1) is 0 Å². The highest BCUT2D eigenvalue weighted by atomic mass is 79.9. The first-order chi connectivity index (χ1) is 8.63. The zero-order valence-corrected chi connectivity index (χ0v) is 12.1. The van der Waals surface area contributed by atoms with Crippen LogP contribution in [0.1, 0.15) is 25.2 Å². The van der Waals surface area contributed by atoms with Crippen molar-refractivity contribution in [3.05, 3.63) is 40.1 Å². The van der Waals surface area contributed by atoms with Gasteiger partial charge in [-0.1, -0.05) is 47.1 Å². The van der Waals surface area contributed by atoms with Crippen LogP contribution in [0.25, 0.3) is 0 Å². The second kappa shape index (κ2) is 6.00. The van der Waals surface area contributed by atoms with Gasteiger partial charge in [0.2, 0.25) is 0 Å². The van der Waals surface area contributed by atoms with Gasteiger partial charge < -0.3 is 9.84 Å². The molecule has 18 heavy (non-hydrogen) atoms. The summed E-state index contributed by atoms with van der Waals surface area (Å²) in [6.07, 6.45) is 0.681.